The zero-order valence-corrected chi connectivity index (χ0v) is 25.7. The highest BCUT2D eigenvalue weighted by molar-refractivity contribution is 5.53. The van der Waals surface area contributed by atoms with Gasteiger partial charge in [-0.05, 0) is 67.1 Å². The monoisotopic (exact) mass is 622 g/mol. The van der Waals surface area contributed by atoms with Crippen molar-refractivity contribution in [1.29, 1.82) is 0 Å². The second-order valence-corrected chi connectivity index (χ2v) is 15.0. The molecule has 0 amide bonds. The van der Waals surface area contributed by atoms with Crippen LogP contribution in [0.3, 0.4) is 0 Å². The van der Waals surface area contributed by atoms with E-state index in [0.29, 0.717) is 38.9 Å². The minimum Gasteiger partial charge on any atom is -0.385 e. The maximum atomic E-state index is 15.3. The Labute approximate surface area is 256 Å². The van der Waals surface area contributed by atoms with Gasteiger partial charge in [0.25, 0.3) is 0 Å². The molecule has 5 unspecified atom stereocenters. The molecule has 3 saturated carbocycles. The molecule has 1 spiro atoms. The lowest BCUT2D eigenvalue weighted by atomic mass is 9.49. The van der Waals surface area contributed by atoms with Crippen LogP contribution in [0.25, 0.3) is 6.08 Å². The molecule has 1 aliphatic heterocycles. The van der Waals surface area contributed by atoms with Crippen LogP contribution in [0.4, 0.5) is 22.0 Å². The second kappa shape index (κ2) is 10.2. The third kappa shape index (κ3) is 4.66. The van der Waals surface area contributed by atoms with Gasteiger partial charge in [0.15, 0.2) is 5.79 Å². The summed E-state index contributed by atoms with van der Waals surface area (Å²) in [6.07, 6.45) is 0.745. The highest BCUT2D eigenvalue weighted by Crippen LogP contribution is 2.71. The fraction of sp³-hybridized carbons (Fsp3) is 0.657. The highest BCUT2D eigenvalue weighted by Gasteiger charge is 2.79. The summed E-state index contributed by atoms with van der Waals surface area (Å²) >= 11 is 0. The minimum absolute atomic E-state index is 0.0573. The van der Waals surface area contributed by atoms with Crippen molar-refractivity contribution in [3.8, 4) is 0 Å². The van der Waals surface area contributed by atoms with Gasteiger partial charge < -0.3 is 19.7 Å². The molecule has 44 heavy (non-hydrogen) atoms. The molecule has 0 radical (unpaired) electrons. The number of alkyl halides is 5. The number of benzene rings is 1. The minimum atomic E-state index is -5.88. The molecule has 1 heterocycles. The number of hydrogen-bond acceptors (Lipinski definition) is 4. The summed E-state index contributed by atoms with van der Waals surface area (Å²) in [6.45, 7) is 10.2. The van der Waals surface area contributed by atoms with E-state index in [1.807, 2.05) is 30.3 Å². The van der Waals surface area contributed by atoms with Gasteiger partial charge in [0.05, 0.1) is 18.8 Å². The summed E-state index contributed by atoms with van der Waals surface area (Å²) in [6, 6.07) is 7.52. The van der Waals surface area contributed by atoms with Crippen LogP contribution < -0.4 is 0 Å². The van der Waals surface area contributed by atoms with Gasteiger partial charge in [-0.3, -0.25) is 0 Å². The van der Waals surface area contributed by atoms with E-state index < -0.39 is 52.8 Å². The van der Waals surface area contributed by atoms with Crippen LogP contribution >= 0.6 is 0 Å². The van der Waals surface area contributed by atoms with Crippen molar-refractivity contribution < 1.29 is 41.6 Å². The van der Waals surface area contributed by atoms with Gasteiger partial charge in [-0.15, -0.1) is 0 Å². The molecule has 4 fully saturated rings. The smallest absolute Gasteiger partial charge is 0.385 e. The van der Waals surface area contributed by atoms with E-state index in [-0.39, 0.29) is 30.6 Å². The summed E-state index contributed by atoms with van der Waals surface area (Å²) in [4.78, 5) is 0. The van der Waals surface area contributed by atoms with Crippen LogP contribution in [-0.4, -0.2) is 52.5 Å². The molecule has 0 bridgehead atoms. The van der Waals surface area contributed by atoms with E-state index in [1.54, 1.807) is 12.2 Å². The van der Waals surface area contributed by atoms with Crippen molar-refractivity contribution in [2.45, 2.75) is 107 Å². The molecule has 4 nitrogen and oxygen atoms in total. The Balaban J connectivity index is 1.45. The summed E-state index contributed by atoms with van der Waals surface area (Å²) in [5.74, 6) is -7.66. The first-order valence-electron chi connectivity index (χ1n) is 15.7. The number of halogens is 5. The van der Waals surface area contributed by atoms with E-state index in [2.05, 4.69) is 20.4 Å². The van der Waals surface area contributed by atoms with Crippen molar-refractivity contribution in [2.75, 3.05) is 13.2 Å². The van der Waals surface area contributed by atoms with Crippen LogP contribution in [0.15, 0.2) is 54.1 Å². The first-order valence-corrected chi connectivity index (χ1v) is 15.7. The van der Waals surface area contributed by atoms with Crippen LogP contribution in [0.1, 0.15) is 89.2 Å². The van der Waals surface area contributed by atoms with E-state index in [1.165, 1.54) is 6.92 Å². The summed E-state index contributed by atoms with van der Waals surface area (Å²) < 4.78 is 84.7. The van der Waals surface area contributed by atoms with Gasteiger partial charge in [-0.25, -0.2) is 0 Å². The molecule has 2 N–H and O–H groups in total. The lowest BCUT2D eigenvalue weighted by molar-refractivity contribution is -0.362. The van der Waals surface area contributed by atoms with Gasteiger partial charge in [0.1, 0.15) is 5.60 Å². The molecule has 1 aromatic rings. The number of fused-ring (bicyclic) bond motifs is 4. The standard InChI is InChI=1S/C35H43F5O4/c1-5-6-7-22-8-10-23(11-9-22)25-18-30(4)26(14-17-33(30,42)34(36,37)35(38,39)40)24-12-15-31(41)19-32(16-13-27(31)28(24)25)43-20-29(2,3)21-44-32/h5-11,24-26,41-42H,1,12-21H2,2-4H3/b7-6+/t24?,25-,26?,30?,31?,33?/m1/s1. The molecular weight excluding hydrogens is 579 g/mol. The van der Waals surface area contributed by atoms with E-state index in [9.17, 15) is 23.4 Å². The molecule has 6 atom stereocenters. The molecule has 5 aliphatic rings. The topological polar surface area (TPSA) is 58.9 Å². The van der Waals surface area contributed by atoms with Crippen molar-refractivity contribution >= 4 is 6.08 Å². The van der Waals surface area contributed by atoms with Gasteiger partial charge in [0, 0.05) is 29.6 Å². The molecule has 4 aliphatic carbocycles. The first-order chi connectivity index (χ1) is 20.4. The molecule has 9 heteroatoms. The quantitative estimate of drug-likeness (QED) is 0.202. The predicted octanol–water partition coefficient (Wildman–Crippen LogP) is 8.11. The highest BCUT2D eigenvalue weighted by atomic mass is 19.4. The maximum Gasteiger partial charge on any atom is 0.456 e. The predicted molar refractivity (Wildman–Crippen MR) is 157 cm³/mol. The molecule has 0 aromatic heterocycles. The van der Waals surface area contributed by atoms with Gasteiger partial charge in [-0.2, -0.15) is 22.0 Å². The van der Waals surface area contributed by atoms with Crippen molar-refractivity contribution in [2.24, 2.45) is 22.7 Å². The molecule has 242 valence electrons. The number of allylic oxidation sites excluding steroid dienone is 3. The first kappa shape index (κ1) is 31.9. The lowest BCUT2D eigenvalue weighted by Crippen LogP contribution is -2.65. The number of hydrogen-bond donors (Lipinski definition) is 2. The van der Waals surface area contributed by atoms with Gasteiger partial charge in [-0.1, -0.05) is 75.4 Å². The van der Waals surface area contributed by atoms with E-state index in [4.69, 9.17) is 9.47 Å². The Bertz CT molecular complexity index is 1350. The van der Waals surface area contributed by atoms with Crippen LogP contribution in [0.5, 0.6) is 0 Å². The summed E-state index contributed by atoms with van der Waals surface area (Å²) in [7, 11) is 0. The number of ether oxygens (including phenoxy) is 2. The van der Waals surface area contributed by atoms with Gasteiger partial charge in [0.2, 0.25) is 0 Å². The maximum absolute atomic E-state index is 15.3. The van der Waals surface area contributed by atoms with Crippen LogP contribution in [0, 0.1) is 22.7 Å². The van der Waals surface area contributed by atoms with Gasteiger partial charge >= 0.3 is 12.1 Å². The normalized spacial score (nSPS) is 38.4. The Hall–Kier alpha value is -2.07. The van der Waals surface area contributed by atoms with E-state index in [0.717, 1.165) is 22.3 Å². The lowest BCUT2D eigenvalue weighted by Gasteiger charge is -2.59. The number of aliphatic hydroxyl groups is 2. The average molecular weight is 623 g/mol. The Morgan fingerprint density at radius 3 is 2.20 bits per heavy atom. The van der Waals surface area contributed by atoms with Crippen molar-refractivity contribution in [3.63, 3.8) is 0 Å². The zero-order valence-electron chi connectivity index (χ0n) is 25.7. The Kier molecular flexibility index (Phi) is 7.40. The van der Waals surface area contributed by atoms with E-state index >= 15 is 8.78 Å². The zero-order chi connectivity index (χ0) is 32.0. The average Bonchev–Trinajstić information content (AvgIpc) is 3.24. The Morgan fingerprint density at radius 1 is 0.932 bits per heavy atom. The largest absolute Gasteiger partial charge is 0.456 e. The van der Waals surface area contributed by atoms with Crippen molar-refractivity contribution in [3.05, 3.63) is 65.3 Å². The fourth-order valence-electron chi connectivity index (χ4n) is 9.33. The molecule has 1 saturated heterocycles. The third-order valence-electron chi connectivity index (χ3n) is 11.7. The molecule has 6 rings (SSSR count). The van der Waals surface area contributed by atoms with Crippen LogP contribution in [-0.2, 0) is 9.47 Å². The summed E-state index contributed by atoms with van der Waals surface area (Å²) in [5, 5.41) is 23.8. The molecule has 1 aromatic carbocycles. The van der Waals surface area contributed by atoms with Crippen LogP contribution in [0.2, 0.25) is 0 Å². The second-order valence-electron chi connectivity index (χ2n) is 15.0. The van der Waals surface area contributed by atoms with Crippen molar-refractivity contribution in [1.82, 2.24) is 0 Å². The number of rotatable bonds is 4. The Morgan fingerprint density at radius 2 is 1.59 bits per heavy atom. The summed E-state index contributed by atoms with van der Waals surface area (Å²) in [5.41, 5.74) is -2.89. The third-order valence-corrected chi connectivity index (χ3v) is 11.7. The SMILES string of the molecule is C=C/C=C/c1ccc([C@H]2CC3(C)C(CCC3(O)C(F)(F)C(F)(F)F)C3CCC4(O)CC5(CCC4=C32)OCC(C)(C)CO5)cc1. The fourth-order valence-corrected chi connectivity index (χ4v) is 9.33. The molecular formula is C35H43F5O4.